The maximum atomic E-state index is 11.7. The second-order valence-electron chi connectivity index (χ2n) is 6.00. The number of ether oxygens (including phenoxy) is 1. The molecule has 4 unspecified atom stereocenters. The zero-order valence-electron chi connectivity index (χ0n) is 15.4. The van der Waals surface area contributed by atoms with Crippen molar-refractivity contribution >= 4 is 40.4 Å². The smallest absolute Gasteiger partial charge is 0.280 e. The summed E-state index contributed by atoms with van der Waals surface area (Å²) in [4.78, 5) is 46.0. The maximum absolute atomic E-state index is 11.7. The van der Waals surface area contributed by atoms with Crippen LogP contribution in [0.25, 0.3) is 11.2 Å². The fourth-order valence-electron chi connectivity index (χ4n) is 2.60. The van der Waals surface area contributed by atoms with Gasteiger partial charge in [-0.15, -0.1) is 0 Å². The standard InChI is InChI=1S/C11H18N5O12P3/c1-24-29(18,19)27-31(22,23)28-30(20,21)25-3-7-6(17)2-8(26-7)16-5-15-9-10(12)13-4-14-11(9)16/h4-8,17H,2-3H2,1H3,(H,18,19)(H,20,21)(H,22,23)(H2,12,13,14)/p-3/t6?,7-,8-/m1/s1. The number of fused-ring (bicyclic) bond motifs is 1. The van der Waals surface area contributed by atoms with Crippen LogP contribution in [0.15, 0.2) is 12.7 Å². The monoisotopic (exact) mass is 502 g/mol. The van der Waals surface area contributed by atoms with Gasteiger partial charge in [-0.2, -0.15) is 0 Å². The third kappa shape index (κ3) is 5.93. The molecule has 0 saturated carbocycles. The largest absolute Gasteiger partial charge is 0.756 e. The van der Waals surface area contributed by atoms with Gasteiger partial charge in [-0.25, -0.2) is 23.6 Å². The van der Waals surface area contributed by atoms with Gasteiger partial charge in [-0.1, -0.05) is 0 Å². The van der Waals surface area contributed by atoms with E-state index in [9.17, 15) is 33.5 Å². The van der Waals surface area contributed by atoms with Gasteiger partial charge in [0.25, 0.3) is 23.5 Å². The minimum Gasteiger partial charge on any atom is -0.756 e. The molecule has 2 aromatic heterocycles. The van der Waals surface area contributed by atoms with Crippen molar-refractivity contribution in [1.82, 2.24) is 19.5 Å². The van der Waals surface area contributed by atoms with Crippen molar-refractivity contribution < 1.29 is 55.9 Å². The SMILES string of the molecule is COP(=O)([O-])OP(=O)([O-])OP(=O)([O-])OC[C@H]1O[C@@H](n2cnc3c(N)ncnc32)CC1O. The van der Waals surface area contributed by atoms with E-state index in [-0.39, 0.29) is 17.8 Å². The van der Waals surface area contributed by atoms with Gasteiger partial charge in [-0.05, 0) is 0 Å². The van der Waals surface area contributed by atoms with E-state index in [1.807, 2.05) is 0 Å². The Bertz CT molecular complexity index is 1100. The van der Waals surface area contributed by atoms with E-state index in [1.54, 1.807) is 0 Å². The molecule has 3 rings (SSSR count). The fourth-order valence-corrected chi connectivity index (χ4v) is 5.73. The molecule has 6 atom stereocenters. The number of aliphatic hydroxyl groups is 1. The van der Waals surface area contributed by atoms with Crippen molar-refractivity contribution in [2.45, 2.75) is 24.9 Å². The van der Waals surface area contributed by atoms with E-state index >= 15 is 0 Å². The van der Waals surface area contributed by atoms with Crippen molar-refractivity contribution in [3.8, 4) is 0 Å². The Morgan fingerprint density at radius 1 is 1.19 bits per heavy atom. The highest BCUT2D eigenvalue weighted by Gasteiger charge is 2.37. The summed E-state index contributed by atoms with van der Waals surface area (Å²) in [6.07, 6.45) is -0.794. The maximum Gasteiger partial charge on any atom is 0.280 e. The predicted molar refractivity (Wildman–Crippen MR) is 92.2 cm³/mol. The summed E-state index contributed by atoms with van der Waals surface area (Å²) in [5.41, 5.74) is 6.28. The Morgan fingerprint density at radius 3 is 2.55 bits per heavy atom. The highest BCUT2D eigenvalue weighted by atomic mass is 31.3. The molecule has 1 aliphatic heterocycles. The Hall–Kier alpha value is -1.32. The van der Waals surface area contributed by atoms with Crippen LogP contribution in [0.2, 0.25) is 0 Å². The molecule has 20 heteroatoms. The van der Waals surface area contributed by atoms with E-state index < -0.39 is 48.5 Å². The van der Waals surface area contributed by atoms with Crippen LogP contribution < -0.4 is 20.4 Å². The predicted octanol–water partition coefficient (Wildman–Crippen LogP) is -1.84. The first-order chi connectivity index (χ1) is 14.3. The third-order valence-corrected chi connectivity index (χ3v) is 8.03. The van der Waals surface area contributed by atoms with Crippen LogP contribution in [0, 0.1) is 0 Å². The van der Waals surface area contributed by atoms with Crippen LogP contribution in [-0.4, -0.2) is 50.6 Å². The van der Waals surface area contributed by atoms with Gasteiger partial charge in [-0.3, -0.25) is 18.3 Å². The van der Waals surface area contributed by atoms with E-state index in [0.717, 1.165) is 0 Å². The zero-order chi connectivity index (χ0) is 23.0. The number of hydrogen-bond donors (Lipinski definition) is 2. The lowest BCUT2D eigenvalue weighted by Crippen LogP contribution is -2.27. The number of rotatable bonds is 9. The highest BCUT2D eigenvalue weighted by Crippen LogP contribution is 2.62. The number of imidazole rings is 1. The number of nitrogen functional groups attached to an aromatic ring is 1. The van der Waals surface area contributed by atoms with Crippen molar-refractivity contribution in [2.75, 3.05) is 19.5 Å². The first kappa shape index (κ1) is 24.3. The van der Waals surface area contributed by atoms with E-state index in [0.29, 0.717) is 12.8 Å². The first-order valence-corrected chi connectivity index (χ1v) is 12.5. The summed E-state index contributed by atoms with van der Waals surface area (Å²) in [5.74, 6) is 0.118. The van der Waals surface area contributed by atoms with Crippen molar-refractivity contribution in [3.63, 3.8) is 0 Å². The normalized spacial score (nSPS) is 27.6. The van der Waals surface area contributed by atoms with Gasteiger partial charge < -0.3 is 39.3 Å². The lowest BCUT2D eigenvalue weighted by molar-refractivity contribution is -0.251. The molecule has 1 aliphatic rings. The summed E-state index contributed by atoms with van der Waals surface area (Å²) in [6, 6.07) is 0. The van der Waals surface area contributed by atoms with Gasteiger partial charge in [0.15, 0.2) is 11.5 Å². The number of nitrogens with two attached hydrogens (primary N) is 1. The summed E-state index contributed by atoms with van der Waals surface area (Å²) >= 11 is 0. The summed E-state index contributed by atoms with van der Waals surface area (Å²) < 4.78 is 56.4. The number of nitrogens with zero attached hydrogens (tertiary/aromatic N) is 4. The molecule has 3 heterocycles. The van der Waals surface area contributed by atoms with Crippen LogP contribution in [0.4, 0.5) is 5.82 Å². The Balaban J connectivity index is 1.63. The minimum absolute atomic E-state index is 0.0240. The molecule has 0 bridgehead atoms. The molecular formula is C11H15N5O12P3-3. The first-order valence-electron chi connectivity index (χ1n) is 8.15. The average molecular weight is 502 g/mol. The lowest BCUT2D eigenvalue weighted by Gasteiger charge is -2.34. The van der Waals surface area contributed by atoms with Crippen LogP contribution in [0.3, 0.4) is 0 Å². The van der Waals surface area contributed by atoms with E-state index in [4.69, 9.17) is 10.5 Å². The Morgan fingerprint density at radius 2 is 1.87 bits per heavy atom. The Kier molecular flexibility index (Phi) is 6.99. The second kappa shape index (κ2) is 8.90. The van der Waals surface area contributed by atoms with Crippen molar-refractivity contribution in [3.05, 3.63) is 12.7 Å². The van der Waals surface area contributed by atoms with E-state index in [2.05, 4.69) is 32.6 Å². The molecule has 0 aromatic carbocycles. The molecule has 1 saturated heterocycles. The van der Waals surface area contributed by atoms with Crippen LogP contribution in [0.5, 0.6) is 0 Å². The topological polar surface area (TPSA) is 256 Å². The third-order valence-electron chi connectivity index (χ3n) is 3.92. The summed E-state index contributed by atoms with van der Waals surface area (Å²) in [6.45, 7) is -0.860. The van der Waals surface area contributed by atoms with Gasteiger partial charge in [0.05, 0.1) is 19.0 Å². The number of aliphatic hydroxyl groups excluding tert-OH is 1. The number of phosphoric acid groups is 3. The number of anilines is 1. The average Bonchev–Trinajstić information content (AvgIpc) is 3.22. The molecule has 0 amide bonds. The lowest BCUT2D eigenvalue weighted by atomic mass is 10.2. The number of phosphoric ester groups is 2. The van der Waals surface area contributed by atoms with Gasteiger partial charge in [0.1, 0.15) is 24.2 Å². The van der Waals surface area contributed by atoms with Crippen LogP contribution in [-0.2, 0) is 36.1 Å². The van der Waals surface area contributed by atoms with Gasteiger partial charge in [0, 0.05) is 13.5 Å². The van der Waals surface area contributed by atoms with Crippen molar-refractivity contribution in [2.24, 2.45) is 0 Å². The van der Waals surface area contributed by atoms with Gasteiger partial charge >= 0.3 is 0 Å². The molecule has 0 aliphatic carbocycles. The van der Waals surface area contributed by atoms with Crippen LogP contribution in [0.1, 0.15) is 12.6 Å². The molecule has 0 spiro atoms. The Labute approximate surface area is 173 Å². The molecule has 3 N–H and O–H groups in total. The van der Waals surface area contributed by atoms with Crippen LogP contribution >= 0.6 is 23.5 Å². The van der Waals surface area contributed by atoms with E-state index in [1.165, 1.54) is 17.2 Å². The fraction of sp³-hybridized carbons (Fsp3) is 0.545. The highest BCUT2D eigenvalue weighted by molar-refractivity contribution is 7.65. The minimum atomic E-state index is -5.91. The summed E-state index contributed by atoms with van der Waals surface area (Å²) in [7, 11) is -16.3. The molecule has 1 fully saturated rings. The molecule has 31 heavy (non-hydrogen) atoms. The quantitative estimate of drug-likeness (QED) is 0.357. The molecule has 2 aromatic rings. The molecule has 0 radical (unpaired) electrons. The second-order valence-corrected chi connectivity index (χ2v) is 10.6. The van der Waals surface area contributed by atoms with Gasteiger partial charge in [0.2, 0.25) is 0 Å². The molecular weight excluding hydrogens is 487 g/mol. The van der Waals surface area contributed by atoms with Crippen molar-refractivity contribution in [1.29, 1.82) is 0 Å². The number of aromatic nitrogens is 4. The zero-order valence-corrected chi connectivity index (χ0v) is 18.1. The number of hydrogen-bond acceptors (Lipinski definition) is 16. The molecule has 17 nitrogen and oxygen atoms in total. The molecule has 174 valence electrons. The summed E-state index contributed by atoms with van der Waals surface area (Å²) in [5, 5.41) is 10.1.